The lowest BCUT2D eigenvalue weighted by molar-refractivity contribution is 0.0941. The quantitative estimate of drug-likeness (QED) is 0.455. The average Bonchev–Trinajstić information content (AvgIpc) is 3.14. The van der Waals surface area contributed by atoms with Crippen LogP contribution >= 0.6 is 22.9 Å². The predicted octanol–water partition coefficient (Wildman–Crippen LogP) is 6.11. The lowest BCUT2D eigenvalue weighted by atomic mass is 10.0. The van der Waals surface area contributed by atoms with Crippen LogP contribution in [0.15, 0.2) is 72.8 Å². The van der Waals surface area contributed by atoms with Gasteiger partial charge in [0.05, 0.1) is 32.0 Å². The summed E-state index contributed by atoms with van der Waals surface area (Å²) >= 11 is 7.53. The van der Waals surface area contributed by atoms with E-state index in [1.807, 2.05) is 79.7 Å². The molecule has 0 fully saturated rings. The molecule has 0 aliphatic rings. The van der Waals surface area contributed by atoms with Gasteiger partial charge in [-0.25, -0.2) is 4.98 Å². The van der Waals surface area contributed by atoms with Crippen molar-refractivity contribution in [2.75, 3.05) is 0 Å². The Labute approximate surface area is 166 Å². The Hall–Kier alpha value is -2.69. The van der Waals surface area contributed by atoms with Gasteiger partial charge in [-0.1, -0.05) is 60.1 Å². The number of hydrogen-bond donors (Lipinski definition) is 1. The third kappa shape index (κ3) is 3.72. The van der Waals surface area contributed by atoms with E-state index in [0.29, 0.717) is 9.90 Å². The fourth-order valence-electron chi connectivity index (χ4n) is 3.04. The molecule has 4 aromatic rings. The van der Waals surface area contributed by atoms with Crippen molar-refractivity contribution in [1.82, 2.24) is 10.3 Å². The largest absolute Gasteiger partial charge is 0.345 e. The Bertz CT molecular complexity index is 1110. The van der Waals surface area contributed by atoms with Crippen molar-refractivity contribution in [3.05, 3.63) is 88.3 Å². The molecule has 0 saturated carbocycles. The number of fused-ring (bicyclic) bond motifs is 1. The molecule has 5 heteroatoms. The first-order valence-electron chi connectivity index (χ1n) is 8.63. The second-order valence-corrected chi connectivity index (χ2v) is 8.00. The van der Waals surface area contributed by atoms with Gasteiger partial charge < -0.3 is 5.32 Å². The monoisotopic (exact) mass is 392 g/mol. The van der Waals surface area contributed by atoms with Gasteiger partial charge in [-0.3, -0.25) is 4.79 Å². The Morgan fingerprint density at radius 3 is 2.52 bits per heavy atom. The summed E-state index contributed by atoms with van der Waals surface area (Å²) in [4.78, 5) is 18.7. The molecule has 2 heterocycles. The molecule has 0 saturated heterocycles. The number of thiophene rings is 1. The number of pyridine rings is 1. The maximum Gasteiger partial charge on any atom is 0.252 e. The van der Waals surface area contributed by atoms with Gasteiger partial charge in [0.2, 0.25) is 0 Å². The number of aromatic nitrogens is 1. The third-order valence-corrected chi connectivity index (χ3v) is 5.69. The van der Waals surface area contributed by atoms with Crippen LogP contribution in [0.1, 0.15) is 28.9 Å². The van der Waals surface area contributed by atoms with Gasteiger partial charge in [0, 0.05) is 5.39 Å². The second kappa shape index (κ2) is 7.51. The van der Waals surface area contributed by atoms with E-state index >= 15 is 0 Å². The molecule has 4 rings (SSSR count). The van der Waals surface area contributed by atoms with E-state index in [4.69, 9.17) is 16.6 Å². The molecule has 2 aromatic carbocycles. The zero-order valence-corrected chi connectivity index (χ0v) is 16.2. The minimum absolute atomic E-state index is 0.0924. The van der Waals surface area contributed by atoms with E-state index in [9.17, 15) is 4.79 Å². The Kier molecular flexibility index (Phi) is 4.92. The number of rotatable bonds is 4. The molecule has 0 aliphatic carbocycles. The summed E-state index contributed by atoms with van der Waals surface area (Å²) in [5.74, 6) is -0.117. The van der Waals surface area contributed by atoms with E-state index in [1.54, 1.807) is 0 Å². The highest BCUT2D eigenvalue weighted by Crippen LogP contribution is 2.32. The number of para-hydroxylation sites is 1. The van der Waals surface area contributed by atoms with Gasteiger partial charge in [-0.2, -0.15) is 0 Å². The number of nitrogens with zero attached hydrogens (tertiary/aromatic N) is 1. The van der Waals surface area contributed by atoms with Gasteiger partial charge in [0.15, 0.2) is 0 Å². The standard InChI is InChI=1S/C22H17ClN2OS/c1-14(15-7-3-2-4-8-15)24-22(26)17-13-19(20-11-12-21(23)27-20)25-18-10-6-5-9-16(17)18/h2-14H,1H3,(H,24,26). The van der Waals surface area contributed by atoms with Gasteiger partial charge in [-0.15, -0.1) is 11.3 Å². The number of carbonyl (C=O) groups excluding carboxylic acids is 1. The van der Waals surface area contributed by atoms with Crippen LogP contribution in [0, 0.1) is 0 Å². The summed E-state index contributed by atoms with van der Waals surface area (Å²) < 4.78 is 0.698. The van der Waals surface area contributed by atoms with Crippen molar-refractivity contribution in [3.8, 4) is 10.6 Å². The Morgan fingerprint density at radius 1 is 1.04 bits per heavy atom. The molecule has 0 aliphatic heterocycles. The van der Waals surface area contributed by atoms with Crippen LogP contribution < -0.4 is 5.32 Å². The fraction of sp³-hybridized carbons (Fsp3) is 0.0909. The summed E-state index contributed by atoms with van der Waals surface area (Å²) in [7, 11) is 0. The van der Waals surface area contributed by atoms with Crippen LogP contribution in [0.25, 0.3) is 21.5 Å². The van der Waals surface area contributed by atoms with E-state index < -0.39 is 0 Å². The van der Waals surface area contributed by atoms with Gasteiger partial charge in [0.1, 0.15) is 0 Å². The number of carbonyl (C=O) groups is 1. The predicted molar refractivity (Wildman–Crippen MR) is 112 cm³/mol. The van der Waals surface area contributed by atoms with Crippen molar-refractivity contribution < 1.29 is 4.79 Å². The highest BCUT2D eigenvalue weighted by molar-refractivity contribution is 7.19. The van der Waals surface area contributed by atoms with Crippen molar-refractivity contribution in [3.63, 3.8) is 0 Å². The molecular formula is C22H17ClN2OS. The molecule has 134 valence electrons. The summed E-state index contributed by atoms with van der Waals surface area (Å²) in [5, 5.41) is 3.93. The number of benzene rings is 2. The number of halogens is 1. The van der Waals surface area contributed by atoms with Crippen LogP contribution in [0.3, 0.4) is 0 Å². The first-order valence-corrected chi connectivity index (χ1v) is 9.82. The topological polar surface area (TPSA) is 42.0 Å². The van der Waals surface area contributed by atoms with E-state index in [1.165, 1.54) is 11.3 Å². The summed E-state index contributed by atoms with van der Waals surface area (Å²) in [6.07, 6.45) is 0. The molecule has 0 spiro atoms. The molecule has 1 amide bonds. The highest BCUT2D eigenvalue weighted by atomic mass is 35.5. The number of nitrogens with one attached hydrogen (secondary N) is 1. The fourth-order valence-corrected chi connectivity index (χ4v) is 4.04. The first-order chi connectivity index (χ1) is 13.1. The van der Waals surface area contributed by atoms with Crippen molar-refractivity contribution in [2.24, 2.45) is 0 Å². The molecule has 2 aromatic heterocycles. The summed E-state index contributed by atoms with van der Waals surface area (Å²) in [5.41, 5.74) is 3.22. The Balaban J connectivity index is 1.74. The molecule has 1 N–H and O–H groups in total. The molecule has 3 nitrogen and oxygen atoms in total. The second-order valence-electron chi connectivity index (χ2n) is 6.28. The van der Waals surface area contributed by atoms with Crippen LogP contribution in [-0.4, -0.2) is 10.9 Å². The van der Waals surface area contributed by atoms with Gasteiger partial charge in [0.25, 0.3) is 5.91 Å². The normalized spacial score (nSPS) is 12.1. The first kappa shape index (κ1) is 17.7. The van der Waals surface area contributed by atoms with Crippen LogP contribution in [0.2, 0.25) is 4.34 Å². The van der Waals surface area contributed by atoms with Crippen LogP contribution in [0.4, 0.5) is 0 Å². The minimum atomic E-state index is -0.117. The number of hydrogen-bond acceptors (Lipinski definition) is 3. The minimum Gasteiger partial charge on any atom is -0.345 e. The maximum atomic E-state index is 13.1. The van der Waals surface area contributed by atoms with Crippen molar-refractivity contribution in [2.45, 2.75) is 13.0 Å². The zero-order chi connectivity index (χ0) is 18.8. The SMILES string of the molecule is CC(NC(=O)c1cc(-c2ccc(Cl)s2)nc2ccccc12)c1ccccc1. The van der Waals surface area contributed by atoms with Crippen LogP contribution in [-0.2, 0) is 0 Å². The maximum absolute atomic E-state index is 13.1. The van der Waals surface area contributed by atoms with Crippen molar-refractivity contribution in [1.29, 1.82) is 0 Å². The van der Waals surface area contributed by atoms with Gasteiger partial charge in [-0.05, 0) is 36.8 Å². The average molecular weight is 393 g/mol. The molecule has 0 bridgehead atoms. The third-order valence-electron chi connectivity index (χ3n) is 4.43. The molecule has 27 heavy (non-hydrogen) atoms. The lowest BCUT2D eigenvalue weighted by Crippen LogP contribution is -2.27. The lowest BCUT2D eigenvalue weighted by Gasteiger charge is -2.16. The summed E-state index contributed by atoms with van der Waals surface area (Å²) in [6.45, 7) is 1.98. The summed E-state index contributed by atoms with van der Waals surface area (Å²) in [6, 6.07) is 23.1. The van der Waals surface area contributed by atoms with E-state index in [-0.39, 0.29) is 11.9 Å². The van der Waals surface area contributed by atoms with E-state index in [2.05, 4.69) is 5.32 Å². The molecule has 1 unspecified atom stereocenters. The molecular weight excluding hydrogens is 376 g/mol. The zero-order valence-electron chi connectivity index (χ0n) is 14.6. The number of amides is 1. The highest BCUT2D eigenvalue weighted by Gasteiger charge is 2.17. The van der Waals surface area contributed by atoms with E-state index in [0.717, 1.165) is 27.0 Å². The Morgan fingerprint density at radius 2 is 1.78 bits per heavy atom. The molecule has 0 radical (unpaired) electrons. The van der Waals surface area contributed by atoms with Crippen molar-refractivity contribution >= 4 is 39.7 Å². The van der Waals surface area contributed by atoms with Crippen LogP contribution in [0.5, 0.6) is 0 Å². The molecule has 1 atom stereocenters. The smallest absolute Gasteiger partial charge is 0.252 e. The van der Waals surface area contributed by atoms with Gasteiger partial charge >= 0.3 is 0 Å².